The third-order valence-corrected chi connectivity index (χ3v) is 6.30. The number of carbonyl (C=O) groups excluding carboxylic acids is 3. The van der Waals surface area contributed by atoms with Crippen molar-refractivity contribution < 1.29 is 33.7 Å². The van der Waals surface area contributed by atoms with Crippen molar-refractivity contribution in [1.82, 2.24) is 0 Å². The minimum absolute atomic E-state index is 0.00495. The molecule has 42 heavy (non-hydrogen) atoms. The molecule has 0 aliphatic rings. The fourth-order valence-corrected chi connectivity index (χ4v) is 4.05. The van der Waals surface area contributed by atoms with Gasteiger partial charge >= 0.3 is 11.9 Å². The van der Waals surface area contributed by atoms with Crippen LogP contribution in [0, 0.1) is 0 Å². The van der Waals surface area contributed by atoms with E-state index >= 15 is 0 Å². The number of allylic oxidation sites excluding steroid dienone is 2. The molecule has 0 spiro atoms. The molecule has 0 saturated heterocycles. The van der Waals surface area contributed by atoms with Gasteiger partial charge in [-0.2, -0.15) is 0 Å². The third kappa shape index (κ3) is 8.13. The molecule has 0 aliphatic carbocycles. The Balaban J connectivity index is 1.31. The highest BCUT2D eigenvalue weighted by Gasteiger charge is 2.08. The fraction of sp³-hybridized carbons (Fsp3) is 0.114. The maximum absolute atomic E-state index is 12.5. The second kappa shape index (κ2) is 14.4. The molecule has 212 valence electrons. The quantitative estimate of drug-likeness (QED) is 0.0696. The molecule has 0 unspecified atom stereocenters. The van der Waals surface area contributed by atoms with Crippen molar-refractivity contribution >= 4 is 28.5 Å². The summed E-state index contributed by atoms with van der Waals surface area (Å²) in [5.74, 6) is -0.320. The Morgan fingerprint density at radius 3 is 2.17 bits per heavy atom. The highest BCUT2D eigenvalue weighted by Crippen LogP contribution is 2.27. The molecule has 0 aromatic heterocycles. The molecular weight excluding hydrogens is 532 g/mol. The average Bonchev–Trinajstić information content (AvgIpc) is 3.02. The van der Waals surface area contributed by atoms with Gasteiger partial charge in [0, 0.05) is 11.6 Å². The fourth-order valence-electron chi connectivity index (χ4n) is 4.05. The van der Waals surface area contributed by atoms with E-state index in [-0.39, 0.29) is 24.6 Å². The van der Waals surface area contributed by atoms with E-state index in [0.29, 0.717) is 23.5 Å². The predicted molar refractivity (Wildman–Crippen MR) is 162 cm³/mol. The van der Waals surface area contributed by atoms with Crippen molar-refractivity contribution in [3.05, 3.63) is 133 Å². The van der Waals surface area contributed by atoms with Crippen molar-refractivity contribution in [2.24, 2.45) is 0 Å². The number of hydrogen-bond donors (Lipinski definition) is 1. The molecule has 0 saturated carbocycles. The van der Waals surface area contributed by atoms with Gasteiger partial charge in [-0.1, -0.05) is 61.7 Å². The number of aliphatic hydroxyl groups excluding tert-OH is 1. The van der Waals surface area contributed by atoms with Crippen LogP contribution in [0.3, 0.4) is 0 Å². The van der Waals surface area contributed by atoms with Gasteiger partial charge in [-0.25, -0.2) is 9.59 Å². The van der Waals surface area contributed by atoms with Crippen molar-refractivity contribution in [1.29, 1.82) is 0 Å². The topological polar surface area (TPSA) is 99.1 Å². The van der Waals surface area contributed by atoms with E-state index in [9.17, 15) is 14.4 Å². The first-order valence-corrected chi connectivity index (χ1v) is 13.2. The number of hydrogen-bond acceptors (Lipinski definition) is 7. The molecule has 0 amide bonds. The monoisotopic (exact) mass is 562 g/mol. The normalized spacial score (nSPS) is 10.8. The van der Waals surface area contributed by atoms with Gasteiger partial charge in [-0.05, 0) is 82.4 Å². The second-order valence-corrected chi connectivity index (χ2v) is 9.29. The van der Waals surface area contributed by atoms with Crippen LogP contribution in [0.25, 0.3) is 21.9 Å². The number of benzene rings is 4. The van der Waals surface area contributed by atoms with Gasteiger partial charge in [0.25, 0.3) is 0 Å². The summed E-state index contributed by atoms with van der Waals surface area (Å²) in [5, 5.41) is 11.1. The van der Waals surface area contributed by atoms with Crippen LogP contribution < -0.4 is 9.47 Å². The summed E-state index contributed by atoms with van der Waals surface area (Å²) in [7, 11) is 0. The summed E-state index contributed by atoms with van der Waals surface area (Å²) in [5.41, 5.74) is 3.69. The van der Waals surface area contributed by atoms with E-state index in [1.807, 2.05) is 36.4 Å². The Bertz CT molecular complexity index is 1630. The van der Waals surface area contributed by atoms with Gasteiger partial charge in [0.2, 0.25) is 0 Å². The lowest BCUT2D eigenvalue weighted by Gasteiger charge is -2.09. The van der Waals surface area contributed by atoms with Gasteiger partial charge in [-0.3, -0.25) is 4.79 Å². The Morgan fingerprint density at radius 2 is 1.45 bits per heavy atom. The number of esters is 2. The second-order valence-electron chi connectivity index (χ2n) is 9.29. The van der Waals surface area contributed by atoms with Gasteiger partial charge in [0.05, 0.1) is 12.2 Å². The van der Waals surface area contributed by atoms with E-state index in [2.05, 4.69) is 43.5 Å². The smallest absolute Gasteiger partial charge is 0.335 e. The number of carbonyl (C=O) groups is 3. The Morgan fingerprint density at radius 1 is 0.786 bits per heavy atom. The molecule has 4 rings (SSSR count). The maximum Gasteiger partial charge on any atom is 0.335 e. The summed E-state index contributed by atoms with van der Waals surface area (Å²) in [6.07, 6.45) is 5.07. The van der Waals surface area contributed by atoms with Gasteiger partial charge in [-0.15, -0.1) is 0 Å². The van der Waals surface area contributed by atoms with E-state index in [1.54, 1.807) is 30.3 Å². The van der Waals surface area contributed by atoms with Crippen LogP contribution in [0.4, 0.5) is 0 Å². The highest BCUT2D eigenvalue weighted by atomic mass is 16.6. The number of aliphatic hydroxyl groups is 1. The van der Waals surface area contributed by atoms with Crippen LogP contribution >= 0.6 is 0 Å². The molecular formula is C35H30O7. The highest BCUT2D eigenvalue weighted by molar-refractivity contribution is 6.04. The minimum atomic E-state index is -0.638. The molecule has 1 N–H and O–H groups in total. The zero-order valence-electron chi connectivity index (χ0n) is 23.0. The first kappa shape index (κ1) is 29.7. The van der Waals surface area contributed by atoms with E-state index in [4.69, 9.17) is 19.3 Å². The van der Waals surface area contributed by atoms with Gasteiger partial charge in [0.1, 0.15) is 24.7 Å². The third-order valence-electron chi connectivity index (χ3n) is 6.30. The summed E-state index contributed by atoms with van der Waals surface area (Å²) in [6, 6.07) is 26.5. The number of fused-ring (bicyclic) bond motifs is 1. The van der Waals surface area contributed by atoms with Crippen molar-refractivity contribution in [3.63, 3.8) is 0 Å². The Labute approximate surface area is 244 Å². The maximum atomic E-state index is 12.5. The molecule has 7 heteroatoms. The van der Waals surface area contributed by atoms with Crippen LogP contribution in [0.5, 0.6) is 11.5 Å². The zero-order valence-corrected chi connectivity index (χ0v) is 23.0. The summed E-state index contributed by atoms with van der Waals surface area (Å²) >= 11 is 0. The first-order valence-electron chi connectivity index (χ1n) is 13.2. The SMILES string of the molecule is C=CC(=O)Oc1ccc(C(=O)/C=C/Cc2ccc3cc(-c4ccc(OCCOC(=O)C(=C)CO)cc4)ccc3c2)cc1. The van der Waals surface area contributed by atoms with Crippen molar-refractivity contribution in [2.75, 3.05) is 19.8 Å². The van der Waals surface area contributed by atoms with Gasteiger partial charge in [0.15, 0.2) is 5.78 Å². The molecule has 0 aliphatic heterocycles. The van der Waals surface area contributed by atoms with Crippen LogP contribution in [-0.2, 0) is 20.7 Å². The lowest BCUT2D eigenvalue weighted by molar-refractivity contribution is -0.140. The average molecular weight is 563 g/mol. The van der Waals surface area contributed by atoms with Crippen LogP contribution in [0.2, 0.25) is 0 Å². The molecule has 7 nitrogen and oxygen atoms in total. The lowest BCUT2D eigenvalue weighted by Crippen LogP contribution is -2.14. The first-order chi connectivity index (χ1) is 20.4. The van der Waals surface area contributed by atoms with E-state index < -0.39 is 18.5 Å². The van der Waals surface area contributed by atoms with E-state index in [0.717, 1.165) is 33.5 Å². The summed E-state index contributed by atoms with van der Waals surface area (Å²) in [6.45, 7) is 6.58. The molecule has 4 aromatic rings. The van der Waals surface area contributed by atoms with Crippen molar-refractivity contribution in [3.8, 4) is 22.6 Å². The molecule has 0 fully saturated rings. The minimum Gasteiger partial charge on any atom is -0.490 e. The Hall–Kier alpha value is -5.27. The summed E-state index contributed by atoms with van der Waals surface area (Å²) < 4.78 is 15.6. The number of ketones is 1. The standard InChI is InChI=1S/C35H30O7/c1-3-34(38)42-32-17-13-27(14-18-32)33(37)6-4-5-25-7-8-30-22-29(10-9-28(30)21-25)26-11-15-31(16-12-26)40-19-20-41-35(39)24(2)23-36/h3-4,6-18,21-22,36H,1-2,5,19-20,23H2/b6-4+. The summed E-state index contributed by atoms with van der Waals surface area (Å²) in [4.78, 5) is 35.3. The number of rotatable bonds is 13. The molecule has 4 aromatic carbocycles. The molecule has 0 heterocycles. The molecule has 0 bridgehead atoms. The molecule has 0 atom stereocenters. The lowest BCUT2D eigenvalue weighted by atomic mass is 9.99. The van der Waals surface area contributed by atoms with E-state index in [1.165, 1.54) is 0 Å². The van der Waals surface area contributed by atoms with Gasteiger partial charge < -0.3 is 19.3 Å². The largest absolute Gasteiger partial charge is 0.490 e. The van der Waals surface area contributed by atoms with Crippen LogP contribution in [0.1, 0.15) is 15.9 Å². The molecule has 0 radical (unpaired) electrons. The Kier molecular flexibility index (Phi) is 10.2. The predicted octanol–water partition coefficient (Wildman–Crippen LogP) is 6.05. The zero-order chi connectivity index (χ0) is 29.9. The number of ether oxygens (including phenoxy) is 3. The van der Waals surface area contributed by atoms with Crippen LogP contribution in [0.15, 0.2) is 122 Å². The van der Waals surface area contributed by atoms with Crippen molar-refractivity contribution in [2.45, 2.75) is 6.42 Å². The van der Waals surface area contributed by atoms with Crippen LogP contribution in [-0.4, -0.2) is 42.6 Å².